The van der Waals surface area contributed by atoms with E-state index in [1.807, 2.05) is 31.2 Å². The Balaban J connectivity index is 2.11. The summed E-state index contributed by atoms with van der Waals surface area (Å²) >= 11 is 3.55. The van der Waals surface area contributed by atoms with Gasteiger partial charge in [-0.05, 0) is 43.2 Å². The molecule has 0 aliphatic rings. The molecule has 1 N–H and O–H groups in total. The summed E-state index contributed by atoms with van der Waals surface area (Å²) in [6.07, 6.45) is 0. The zero-order chi connectivity index (χ0) is 13.8. The van der Waals surface area contributed by atoms with Gasteiger partial charge >= 0.3 is 0 Å². The maximum absolute atomic E-state index is 13.2. The Bertz CT molecular complexity index is 556. The number of nitrogens with one attached hydrogen (secondary N) is 1. The summed E-state index contributed by atoms with van der Waals surface area (Å²) < 4.78 is 14.3. The lowest BCUT2D eigenvalue weighted by Crippen LogP contribution is -2.22. The van der Waals surface area contributed by atoms with Crippen molar-refractivity contribution in [3.05, 3.63) is 69.9 Å². The van der Waals surface area contributed by atoms with Crippen LogP contribution >= 0.6 is 15.9 Å². The molecule has 100 valence electrons. The SMILES string of the molecule is CC(N[C@H](C)c1ccccc1Br)c1cccc(F)c1. The molecule has 2 rings (SSSR count). The van der Waals surface area contributed by atoms with Crippen LogP contribution in [0.25, 0.3) is 0 Å². The van der Waals surface area contributed by atoms with E-state index in [1.165, 1.54) is 11.6 Å². The second-order valence-electron chi connectivity index (χ2n) is 4.69. The first-order chi connectivity index (χ1) is 9.08. The van der Waals surface area contributed by atoms with Crippen molar-refractivity contribution >= 4 is 15.9 Å². The van der Waals surface area contributed by atoms with Crippen LogP contribution < -0.4 is 5.32 Å². The molecule has 0 aromatic heterocycles. The molecule has 0 spiro atoms. The third-order valence-corrected chi connectivity index (χ3v) is 3.94. The fourth-order valence-electron chi connectivity index (χ4n) is 2.16. The summed E-state index contributed by atoms with van der Waals surface area (Å²) in [4.78, 5) is 0. The largest absolute Gasteiger partial charge is 0.304 e. The van der Waals surface area contributed by atoms with E-state index in [2.05, 4.69) is 34.2 Å². The number of rotatable bonds is 4. The van der Waals surface area contributed by atoms with Gasteiger partial charge in [-0.15, -0.1) is 0 Å². The topological polar surface area (TPSA) is 12.0 Å². The molecule has 2 aromatic carbocycles. The highest BCUT2D eigenvalue weighted by Gasteiger charge is 2.13. The number of hydrogen-bond donors (Lipinski definition) is 1. The van der Waals surface area contributed by atoms with Crippen LogP contribution in [0.2, 0.25) is 0 Å². The molecular formula is C16H17BrFN. The molecule has 2 aromatic rings. The van der Waals surface area contributed by atoms with Gasteiger partial charge in [-0.1, -0.05) is 46.3 Å². The zero-order valence-electron chi connectivity index (χ0n) is 11.0. The molecule has 0 saturated heterocycles. The van der Waals surface area contributed by atoms with Crippen molar-refractivity contribution in [3.8, 4) is 0 Å². The Morgan fingerprint density at radius 3 is 2.42 bits per heavy atom. The number of hydrogen-bond acceptors (Lipinski definition) is 1. The fraction of sp³-hybridized carbons (Fsp3) is 0.250. The maximum atomic E-state index is 13.2. The molecule has 0 aliphatic heterocycles. The molecule has 0 fully saturated rings. The Morgan fingerprint density at radius 1 is 1.00 bits per heavy atom. The van der Waals surface area contributed by atoms with Crippen LogP contribution in [0.5, 0.6) is 0 Å². The van der Waals surface area contributed by atoms with E-state index in [9.17, 15) is 4.39 Å². The first kappa shape index (κ1) is 14.2. The highest BCUT2D eigenvalue weighted by Crippen LogP contribution is 2.25. The minimum atomic E-state index is -0.195. The maximum Gasteiger partial charge on any atom is 0.123 e. The van der Waals surface area contributed by atoms with E-state index in [1.54, 1.807) is 12.1 Å². The highest BCUT2D eigenvalue weighted by atomic mass is 79.9. The minimum absolute atomic E-state index is 0.0952. The van der Waals surface area contributed by atoms with Crippen molar-refractivity contribution in [1.82, 2.24) is 5.32 Å². The van der Waals surface area contributed by atoms with E-state index in [0.29, 0.717) is 0 Å². The molecule has 3 heteroatoms. The minimum Gasteiger partial charge on any atom is -0.304 e. The molecule has 1 nitrogen and oxygen atoms in total. The number of halogens is 2. The zero-order valence-corrected chi connectivity index (χ0v) is 12.6. The van der Waals surface area contributed by atoms with Crippen molar-refractivity contribution in [1.29, 1.82) is 0 Å². The fourth-order valence-corrected chi connectivity index (χ4v) is 2.79. The number of benzene rings is 2. The third-order valence-electron chi connectivity index (χ3n) is 3.22. The van der Waals surface area contributed by atoms with Crippen LogP contribution in [0.4, 0.5) is 4.39 Å². The first-order valence-corrected chi connectivity index (χ1v) is 7.13. The molecule has 0 bridgehead atoms. The Kier molecular flexibility index (Phi) is 4.72. The molecule has 19 heavy (non-hydrogen) atoms. The molecule has 0 saturated carbocycles. The van der Waals surface area contributed by atoms with Crippen molar-refractivity contribution < 1.29 is 4.39 Å². The predicted octanol–water partition coefficient (Wildman–Crippen LogP) is 5.00. The van der Waals surface area contributed by atoms with Crippen LogP contribution in [0.15, 0.2) is 53.0 Å². The van der Waals surface area contributed by atoms with Gasteiger partial charge in [0.25, 0.3) is 0 Å². The van der Waals surface area contributed by atoms with Crippen molar-refractivity contribution in [2.75, 3.05) is 0 Å². The summed E-state index contributed by atoms with van der Waals surface area (Å²) in [5.74, 6) is -0.195. The van der Waals surface area contributed by atoms with Crippen LogP contribution in [0.1, 0.15) is 37.1 Å². The lowest BCUT2D eigenvalue weighted by Gasteiger charge is -2.21. The monoisotopic (exact) mass is 321 g/mol. The Labute approximate surface area is 122 Å². The van der Waals surface area contributed by atoms with Crippen LogP contribution in [0, 0.1) is 5.82 Å². The van der Waals surface area contributed by atoms with Crippen LogP contribution in [-0.4, -0.2) is 0 Å². The van der Waals surface area contributed by atoms with Gasteiger partial charge < -0.3 is 5.32 Å². The average molecular weight is 322 g/mol. The molecule has 0 radical (unpaired) electrons. The van der Waals surface area contributed by atoms with E-state index < -0.39 is 0 Å². The second-order valence-corrected chi connectivity index (χ2v) is 5.54. The Morgan fingerprint density at radius 2 is 1.74 bits per heavy atom. The molecule has 0 aliphatic carbocycles. The lowest BCUT2D eigenvalue weighted by atomic mass is 10.0. The molecular weight excluding hydrogens is 305 g/mol. The summed E-state index contributed by atoms with van der Waals surface area (Å²) in [6.45, 7) is 4.15. The summed E-state index contributed by atoms with van der Waals surface area (Å²) in [6, 6.07) is 15.1. The van der Waals surface area contributed by atoms with Crippen LogP contribution in [-0.2, 0) is 0 Å². The first-order valence-electron chi connectivity index (χ1n) is 6.34. The highest BCUT2D eigenvalue weighted by molar-refractivity contribution is 9.10. The smallest absolute Gasteiger partial charge is 0.123 e. The van der Waals surface area contributed by atoms with Crippen LogP contribution in [0.3, 0.4) is 0 Å². The van der Waals surface area contributed by atoms with Crippen molar-refractivity contribution in [2.45, 2.75) is 25.9 Å². The van der Waals surface area contributed by atoms with E-state index in [0.717, 1.165) is 10.0 Å². The molecule has 0 amide bonds. The molecule has 0 heterocycles. The van der Waals surface area contributed by atoms with Gasteiger partial charge in [-0.25, -0.2) is 4.39 Å². The summed E-state index contributed by atoms with van der Waals surface area (Å²) in [5.41, 5.74) is 2.16. The van der Waals surface area contributed by atoms with Gasteiger partial charge in [-0.2, -0.15) is 0 Å². The normalized spacial score (nSPS) is 14.1. The van der Waals surface area contributed by atoms with Crippen molar-refractivity contribution in [2.24, 2.45) is 0 Å². The van der Waals surface area contributed by atoms with Gasteiger partial charge in [0.1, 0.15) is 5.82 Å². The quantitative estimate of drug-likeness (QED) is 0.835. The van der Waals surface area contributed by atoms with Gasteiger partial charge in [-0.3, -0.25) is 0 Å². The van der Waals surface area contributed by atoms with Gasteiger partial charge in [0.2, 0.25) is 0 Å². The van der Waals surface area contributed by atoms with E-state index in [4.69, 9.17) is 0 Å². The average Bonchev–Trinajstić information content (AvgIpc) is 2.39. The van der Waals surface area contributed by atoms with Crippen molar-refractivity contribution in [3.63, 3.8) is 0 Å². The standard InChI is InChI=1S/C16H17BrFN/c1-11(13-6-5-7-14(18)10-13)19-12(2)15-8-3-4-9-16(15)17/h3-12,19H,1-2H3/t11?,12-/m1/s1. The molecule has 2 atom stereocenters. The Hall–Kier alpha value is -1.19. The molecule has 1 unspecified atom stereocenters. The third kappa shape index (κ3) is 3.64. The summed E-state index contributed by atoms with van der Waals surface area (Å²) in [5, 5.41) is 3.48. The predicted molar refractivity (Wildman–Crippen MR) is 80.5 cm³/mol. The summed E-state index contributed by atoms with van der Waals surface area (Å²) in [7, 11) is 0. The van der Waals surface area contributed by atoms with E-state index >= 15 is 0 Å². The van der Waals surface area contributed by atoms with E-state index in [-0.39, 0.29) is 17.9 Å². The van der Waals surface area contributed by atoms with Gasteiger partial charge in [0, 0.05) is 16.6 Å². The second kappa shape index (κ2) is 6.31. The lowest BCUT2D eigenvalue weighted by molar-refractivity contribution is 0.491. The van der Waals surface area contributed by atoms with Gasteiger partial charge in [0.15, 0.2) is 0 Å². The van der Waals surface area contributed by atoms with Gasteiger partial charge in [0.05, 0.1) is 0 Å².